The highest BCUT2D eigenvalue weighted by molar-refractivity contribution is 5.93. The summed E-state index contributed by atoms with van der Waals surface area (Å²) in [6.45, 7) is 7.61. The summed E-state index contributed by atoms with van der Waals surface area (Å²) in [5.74, 6) is -1.54. The molecule has 0 aliphatic carbocycles. The van der Waals surface area contributed by atoms with Gasteiger partial charge in [0.25, 0.3) is 0 Å². The Labute approximate surface area is 180 Å². The molecule has 0 aliphatic heterocycles. The number of hydrogen-bond acceptors (Lipinski definition) is 2. The van der Waals surface area contributed by atoms with Gasteiger partial charge in [-0.3, -0.25) is 0 Å². The molecule has 2 nitrogen and oxygen atoms in total. The number of halogens is 2. The zero-order chi connectivity index (χ0) is 22.3. The summed E-state index contributed by atoms with van der Waals surface area (Å²) in [5.41, 5.74) is 6.11. The molecule has 0 spiro atoms. The standard InChI is InChI=1S/C27H22F2O2/c1-15-11-16(2)25(17(3)12-15)19-5-7-20(8-6-19)27(30)31-22-9-10-23-21(13-22)14-24(28)18(4)26(23)29/h5-14H,1-4H3. The first-order valence-corrected chi connectivity index (χ1v) is 10.0. The number of hydrogen-bond donors (Lipinski definition) is 0. The lowest BCUT2D eigenvalue weighted by molar-refractivity contribution is 0.0735. The van der Waals surface area contributed by atoms with Crippen molar-refractivity contribution >= 4 is 16.7 Å². The first-order chi connectivity index (χ1) is 14.7. The summed E-state index contributed by atoms with van der Waals surface area (Å²) in [5, 5.41) is 0.624. The van der Waals surface area contributed by atoms with Crippen molar-refractivity contribution in [2.24, 2.45) is 0 Å². The number of benzene rings is 4. The lowest BCUT2D eigenvalue weighted by Crippen LogP contribution is -2.08. The number of aryl methyl sites for hydroxylation is 3. The number of esters is 1. The molecule has 0 radical (unpaired) electrons. The average Bonchev–Trinajstić information content (AvgIpc) is 2.72. The smallest absolute Gasteiger partial charge is 0.343 e. The topological polar surface area (TPSA) is 26.3 Å². The van der Waals surface area contributed by atoms with Gasteiger partial charge in [0.05, 0.1) is 5.56 Å². The zero-order valence-corrected chi connectivity index (χ0v) is 17.8. The van der Waals surface area contributed by atoms with Gasteiger partial charge >= 0.3 is 5.97 Å². The van der Waals surface area contributed by atoms with Gasteiger partial charge in [0, 0.05) is 10.9 Å². The lowest BCUT2D eigenvalue weighted by Gasteiger charge is -2.12. The number of carbonyl (C=O) groups is 1. The van der Waals surface area contributed by atoms with Crippen LogP contribution in [-0.4, -0.2) is 5.97 Å². The third kappa shape index (κ3) is 3.93. The summed E-state index contributed by atoms with van der Waals surface area (Å²) >= 11 is 0. The van der Waals surface area contributed by atoms with Crippen LogP contribution in [0.2, 0.25) is 0 Å². The minimum Gasteiger partial charge on any atom is -0.423 e. The number of rotatable bonds is 3. The normalized spacial score (nSPS) is 11.0. The zero-order valence-electron chi connectivity index (χ0n) is 17.8. The Balaban J connectivity index is 1.59. The van der Waals surface area contributed by atoms with Gasteiger partial charge in [0.2, 0.25) is 0 Å². The molecule has 0 heterocycles. The van der Waals surface area contributed by atoms with E-state index >= 15 is 0 Å². The van der Waals surface area contributed by atoms with Crippen LogP contribution in [0.15, 0.2) is 60.7 Å². The molecule has 0 unspecified atom stereocenters. The van der Waals surface area contributed by atoms with Crippen molar-refractivity contribution in [2.45, 2.75) is 27.7 Å². The molecular weight excluding hydrogens is 394 g/mol. The third-order valence-corrected chi connectivity index (χ3v) is 5.53. The average molecular weight is 416 g/mol. The highest BCUT2D eigenvalue weighted by atomic mass is 19.1. The molecule has 4 rings (SSSR count). The van der Waals surface area contributed by atoms with Crippen LogP contribution in [0.3, 0.4) is 0 Å². The van der Waals surface area contributed by atoms with E-state index in [-0.39, 0.29) is 16.7 Å². The minimum absolute atomic E-state index is 0.0311. The Hall–Kier alpha value is -3.53. The molecule has 0 amide bonds. The Morgan fingerprint density at radius 1 is 0.806 bits per heavy atom. The molecule has 0 bridgehead atoms. The van der Waals surface area contributed by atoms with Gasteiger partial charge in [0.15, 0.2) is 0 Å². The summed E-state index contributed by atoms with van der Waals surface area (Å²) in [6, 6.07) is 17.2. The van der Waals surface area contributed by atoms with Crippen LogP contribution in [0, 0.1) is 39.3 Å². The molecular formula is C27H22F2O2. The molecule has 0 saturated carbocycles. The molecule has 156 valence electrons. The maximum atomic E-state index is 14.2. The van der Waals surface area contributed by atoms with Crippen LogP contribution in [0.5, 0.6) is 5.75 Å². The van der Waals surface area contributed by atoms with E-state index in [0.29, 0.717) is 10.9 Å². The molecule has 0 aliphatic rings. The molecule has 31 heavy (non-hydrogen) atoms. The number of fused-ring (bicyclic) bond motifs is 1. The molecule has 0 atom stereocenters. The van der Waals surface area contributed by atoms with Crippen molar-refractivity contribution in [1.82, 2.24) is 0 Å². The maximum Gasteiger partial charge on any atom is 0.343 e. The van der Waals surface area contributed by atoms with Crippen molar-refractivity contribution in [3.63, 3.8) is 0 Å². The Bertz CT molecular complexity index is 1300. The molecule has 0 N–H and O–H groups in total. The highest BCUT2D eigenvalue weighted by Gasteiger charge is 2.14. The van der Waals surface area contributed by atoms with E-state index in [9.17, 15) is 13.6 Å². The second kappa shape index (κ2) is 7.95. The second-order valence-corrected chi connectivity index (χ2v) is 7.92. The van der Waals surface area contributed by atoms with Crippen LogP contribution in [0.1, 0.15) is 32.6 Å². The van der Waals surface area contributed by atoms with Gasteiger partial charge < -0.3 is 4.74 Å². The fraction of sp³-hybridized carbons (Fsp3) is 0.148. The fourth-order valence-electron chi connectivity index (χ4n) is 4.05. The van der Waals surface area contributed by atoms with Crippen molar-refractivity contribution in [2.75, 3.05) is 0 Å². The molecule has 0 aromatic heterocycles. The van der Waals surface area contributed by atoms with E-state index in [1.165, 1.54) is 47.9 Å². The van der Waals surface area contributed by atoms with Gasteiger partial charge in [-0.25, -0.2) is 13.6 Å². The van der Waals surface area contributed by atoms with Crippen molar-refractivity contribution < 1.29 is 18.3 Å². The van der Waals surface area contributed by atoms with E-state index in [0.717, 1.165) is 11.1 Å². The van der Waals surface area contributed by atoms with Crippen LogP contribution in [0.25, 0.3) is 21.9 Å². The van der Waals surface area contributed by atoms with Crippen LogP contribution in [0.4, 0.5) is 8.78 Å². The quantitative estimate of drug-likeness (QED) is 0.260. The van der Waals surface area contributed by atoms with Crippen LogP contribution >= 0.6 is 0 Å². The summed E-state index contributed by atoms with van der Waals surface area (Å²) in [4.78, 5) is 12.6. The first-order valence-electron chi connectivity index (χ1n) is 10.0. The highest BCUT2D eigenvalue weighted by Crippen LogP contribution is 2.30. The number of ether oxygens (including phenoxy) is 1. The van der Waals surface area contributed by atoms with Crippen LogP contribution in [-0.2, 0) is 0 Å². The van der Waals surface area contributed by atoms with E-state index in [1.807, 2.05) is 12.1 Å². The fourth-order valence-corrected chi connectivity index (χ4v) is 4.05. The monoisotopic (exact) mass is 416 g/mol. The minimum atomic E-state index is -0.634. The predicted molar refractivity (Wildman–Crippen MR) is 120 cm³/mol. The molecule has 4 aromatic carbocycles. The van der Waals surface area contributed by atoms with Crippen LogP contribution < -0.4 is 4.74 Å². The maximum absolute atomic E-state index is 14.2. The van der Waals surface area contributed by atoms with E-state index < -0.39 is 17.6 Å². The van der Waals surface area contributed by atoms with Gasteiger partial charge in [-0.05, 0) is 91.7 Å². The van der Waals surface area contributed by atoms with Crippen molar-refractivity contribution in [3.05, 3.63) is 100 Å². The largest absolute Gasteiger partial charge is 0.423 e. The Morgan fingerprint density at radius 2 is 1.45 bits per heavy atom. The summed E-state index contributed by atoms with van der Waals surface area (Å²) < 4.78 is 33.5. The third-order valence-electron chi connectivity index (χ3n) is 5.53. The summed E-state index contributed by atoms with van der Waals surface area (Å²) in [7, 11) is 0. The molecule has 0 saturated heterocycles. The SMILES string of the molecule is Cc1cc(C)c(-c2ccc(C(=O)Oc3ccc4c(F)c(C)c(F)cc4c3)cc2)c(C)c1. The van der Waals surface area contributed by atoms with E-state index in [4.69, 9.17) is 4.74 Å². The van der Waals surface area contributed by atoms with E-state index in [2.05, 4.69) is 32.9 Å². The molecule has 0 fully saturated rings. The molecule has 4 heteroatoms. The van der Waals surface area contributed by atoms with E-state index in [1.54, 1.807) is 12.1 Å². The first kappa shape index (κ1) is 20.7. The lowest BCUT2D eigenvalue weighted by atomic mass is 9.93. The van der Waals surface area contributed by atoms with Gasteiger partial charge in [0.1, 0.15) is 17.4 Å². The van der Waals surface area contributed by atoms with Crippen molar-refractivity contribution in [1.29, 1.82) is 0 Å². The number of carbonyl (C=O) groups excluding carboxylic acids is 1. The second-order valence-electron chi connectivity index (χ2n) is 7.92. The Morgan fingerprint density at radius 3 is 2.10 bits per heavy atom. The van der Waals surface area contributed by atoms with Gasteiger partial charge in [-0.1, -0.05) is 29.8 Å². The molecule has 4 aromatic rings. The Kier molecular flexibility index (Phi) is 5.32. The van der Waals surface area contributed by atoms with Gasteiger partial charge in [-0.15, -0.1) is 0 Å². The van der Waals surface area contributed by atoms with Crippen molar-refractivity contribution in [3.8, 4) is 16.9 Å². The summed E-state index contributed by atoms with van der Waals surface area (Å²) in [6.07, 6.45) is 0. The van der Waals surface area contributed by atoms with Gasteiger partial charge in [-0.2, -0.15) is 0 Å². The predicted octanol–water partition coefficient (Wildman–Crippen LogP) is 7.24.